The van der Waals surface area contributed by atoms with E-state index in [-0.39, 0.29) is 18.4 Å². The molecule has 0 spiro atoms. The summed E-state index contributed by atoms with van der Waals surface area (Å²) in [6.07, 6.45) is 6.61. The van der Waals surface area contributed by atoms with Crippen LogP contribution in [0.25, 0.3) is 0 Å². The number of rotatable bonds is 5. The molecule has 0 saturated heterocycles. The first-order valence-electron chi connectivity index (χ1n) is 7.60. The van der Waals surface area contributed by atoms with E-state index >= 15 is 0 Å². The van der Waals surface area contributed by atoms with Crippen LogP contribution in [0.2, 0.25) is 0 Å². The molecule has 0 aliphatic heterocycles. The van der Waals surface area contributed by atoms with E-state index in [9.17, 15) is 9.59 Å². The molecule has 0 fully saturated rings. The molecule has 2 amide bonds. The first kappa shape index (κ1) is 16.1. The largest absolute Gasteiger partial charge is 0.376 e. The molecule has 1 aliphatic carbocycles. The van der Waals surface area contributed by atoms with Gasteiger partial charge in [0.05, 0.1) is 6.54 Å². The number of hydrazine groups is 1. The minimum absolute atomic E-state index is 0.119. The fraction of sp³-hybridized carbons (Fsp3) is 0.412. The number of carbonyl (C=O) groups is 2. The number of hydrogen-bond donors (Lipinski definition) is 3. The number of anilines is 1. The Balaban J connectivity index is 1.69. The first-order chi connectivity index (χ1) is 10.5. The molecule has 5 heteroatoms. The van der Waals surface area contributed by atoms with Crippen molar-refractivity contribution in [2.75, 3.05) is 11.9 Å². The molecular formula is C17H23N3O2. The number of carbonyl (C=O) groups excluding carboxylic acids is 2. The van der Waals surface area contributed by atoms with E-state index in [0.717, 1.165) is 24.1 Å². The molecule has 0 radical (unpaired) electrons. The van der Waals surface area contributed by atoms with Crippen molar-refractivity contribution in [3.63, 3.8) is 0 Å². The van der Waals surface area contributed by atoms with Gasteiger partial charge in [0.1, 0.15) is 0 Å². The first-order valence-corrected chi connectivity index (χ1v) is 7.60. The number of benzene rings is 1. The molecular weight excluding hydrogens is 278 g/mol. The van der Waals surface area contributed by atoms with Crippen molar-refractivity contribution in [1.29, 1.82) is 0 Å². The quantitative estimate of drug-likeness (QED) is 0.577. The van der Waals surface area contributed by atoms with Gasteiger partial charge in [-0.15, -0.1) is 0 Å². The van der Waals surface area contributed by atoms with Crippen LogP contribution < -0.4 is 16.2 Å². The normalized spacial score (nSPS) is 16.4. The summed E-state index contributed by atoms with van der Waals surface area (Å²) in [6, 6.07) is 5.99. The second-order valence-corrected chi connectivity index (χ2v) is 5.74. The summed E-state index contributed by atoms with van der Waals surface area (Å²) in [5.74, 6) is -0.128. The summed E-state index contributed by atoms with van der Waals surface area (Å²) >= 11 is 0. The van der Waals surface area contributed by atoms with Crippen molar-refractivity contribution in [3.05, 3.63) is 41.5 Å². The second kappa shape index (κ2) is 7.64. The van der Waals surface area contributed by atoms with Crippen molar-refractivity contribution in [3.8, 4) is 0 Å². The Kier molecular flexibility index (Phi) is 5.58. The molecule has 0 aromatic heterocycles. The van der Waals surface area contributed by atoms with E-state index in [2.05, 4.69) is 34.4 Å². The van der Waals surface area contributed by atoms with Crippen LogP contribution in [0.3, 0.4) is 0 Å². The Morgan fingerprint density at radius 1 is 1.18 bits per heavy atom. The van der Waals surface area contributed by atoms with Gasteiger partial charge in [0.15, 0.2) is 0 Å². The molecule has 2 rings (SSSR count). The third kappa shape index (κ3) is 4.91. The van der Waals surface area contributed by atoms with Crippen LogP contribution in [-0.2, 0) is 9.59 Å². The number of amides is 2. The van der Waals surface area contributed by atoms with E-state index in [1.165, 1.54) is 5.56 Å². The number of hydrogen-bond acceptors (Lipinski definition) is 3. The van der Waals surface area contributed by atoms with Gasteiger partial charge in [-0.25, -0.2) is 0 Å². The summed E-state index contributed by atoms with van der Waals surface area (Å²) < 4.78 is 0. The lowest BCUT2D eigenvalue weighted by atomic mass is 10.1. The van der Waals surface area contributed by atoms with E-state index in [1.54, 1.807) is 0 Å². The van der Waals surface area contributed by atoms with Gasteiger partial charge in [0, 0.05) is 12.1 Å². The molecule has 5 nitrogen and oxygen atoms in total. The molecule has 118 valence electrons. The zero-order valence-electron chi connectivity index (χ0n) is 13.1. The predicted octanol–water partition coefficient (Wildman–Crippen LogP) is 2.22. The van der Waals surface area contributed by atoms with Gasteiger partial charge in [-0.05, 0) is 44.2 Å². The lowest BCUT2D eigenvalue weighted by molar-refractivity contribution is -0.128. The summed E-state index contributed by atoms with van der Waals surface area (Å²) in [5.41, 5.74) is 8.08. The van der Waals surface area contributed by atoms with Crippen molar-refractivity contribution in [2.45, 2.75) is 33.1 Å². The van der Waals surface area contributed by atoms with Gasteiger partial charge in [-0.3, -0.25) is 20.4 Å². The second-order valence-electron chi connectivity index (χ2n) is 5.74. The average Bonchev–Trinajstić information content (AvgIpc) is 2.97. The maximum absolute atomic E-state index is 11.7. The fourth-order valence-corrected chi connectivity index (χ4v) is 2.53. The number of allylic oxidation sites excluding steroid dienone is 2. The Bertz CT molecular complexity index is 581. The Hall–Kier alpha value is -2.30. The van der Waals surface area contributed by atoms with E-state index in [1.807, 2.05) is 26.0 Å². The van der Waals surface area contributed by atoms with E-state index in [0.29, 0.717) is 12.3 Å². The average molecular weight is 301 g/mol. The van der Waals surface area contributed by atoms with Crippen LogP contribution in [0.1, 0.15) is 30.4 Å². The molecule has 3 N–H and O–H groups in total. The van der Waals surface area contributed by atoms with Crippen LogP contribution in [-0.4, -0.2) is 18.4 Å². The Labute approximate surface area is 131 Å². The highest BCUT2D eigenvalue weighted by Crippen LogP contribution is 2.19. The van der Waals surface area contributed by atoms with Crippen molar-refractivity contribution < 1.29 is 9.59 Å². The SMILES string of the molecule is Cc1ccc(NCC(=O)NNC(=O)C[C@@H]2C=CCC2)c(C)c1. The third-order valence-corrected chi connectivity index (χ3v) is 3.72. The minimum Gasteiger partial charge on any atom is -0.376 e. The molecule has 0 heterocycles. The fourth-order valence-electron chi connectivity index (χ4n) is 2.53. The van der Waals surface area contributed by atoms with E-state index in [4.69, 9.17) is 0 Å². The highest BCUT2D eigenvalue weighted by Gasteiger charge is 2.14. The van der Waals surface area contributed by atoms with Crippen molar-refractivity contribution in [1.82, 2.24) is 10.9 Å². The van der Waals surface area contributed by atoms with Gasteiger partial charge in [-0.2, -0.15) is 0 Å². The van der Waals surface area contributed by atoms with Crippen LogP contribution in [0.15, 0.2) is 30.4 Å². The summed E-state index contributed by atoms with van der Waals surface area (Å²) in [7, 11) is 0. The van der Waals surface area contributed by atoms with Gasteiger partial charge in [-0.1, -0.05) is 29.8 Å². The van der Waals surface area contributed by atoms with E-state index < -0.39 is 0 Å². The Morgan fingerprint density at radius 2 is 1.95 bits per heavy atom. The monoisotopic (exact) mass is 301 g/mol. The maximum Gasteiger partial charge on any atom is 0.257 e. The molecule has 1 aromatic rings. The molecule has 1 aromatic carbocycles. The highest BCUT2D eigenvalue weighted by molar-refractivity contribution is 5.84. The zero-order valence-corrected chi connectivity index (χ0v) is 13.1. The van der Waals surface area contributed by atoms with Crippen LogP contribution in [0, 0.1) is 19.8 Å². The van der Waals surface area contributed by atoms with Crippen molar-refractivity contribution >= 4 is 17.5 Å². The summed E-state index contributed by atoms with van der Waals surface area (Å²) in [5, 5.41) is 3.06. The standard InChI is InChI=1S/C17H23N3O2/c1-12-7-8-15(13(2)9-12)18-11-17(22)20-19-16(21)10-14-5-3-4-6-14/h3,5,7-9,14,18H,4,6,10-11H2,1-2H3,(H,19,21)(H,20,22)/t14-/m1/s1. The van der Waals surface area contributed by atoms with Crippen molar-refractivity contribution in [2.24, 2.45) is 5.92 Å². The molecule has 1 aliphatic rings. The molecule has 0 bridgehead atoms. The summed E-state index contributed by atoms with van der Waals surface area (Å²) in [6.45, 7) is 4.14. The lowest BCUT2D eigenvalue weighted by Gasteiger charge is -2.12. The van der Waals surface area contributed by atoms with Gasteiger partial charge in [0.25, 0.3) is 5.91 Å². The number of aryl methyl sites for hydroxylation is 2. The molecule has 0 saturated carbocycles. The number of nitrogens with one attached hydrogen (secondary N) is 3. The highest BCUT2D eigenvalue weighted by atomic mass is 16.2. The van der Waals surface area contributed by atoms with Gasteiger partial charge in [0.2, 0.25) is 5.91 Å². The lowest BCUT2D eigenvalue weighted by Crippen LogP contribution is -2.44. The van der Waals surface area contributed by atoms with Gasteiger partial charge >= 0.3 is 0 Å². The molecule has 22 heavy (non-hydrogen) atoms. The third-order valence-electron chi connectivity index (χ3n) is 3.72. The zero-order chi connectivity index (χ0) is 15.9. The van der Waals surface area contributed by atoms with Crippen LogP contribution in [0.5, 0.6) is 0 Å². The molecule has 1 atom stereocenters. The minimum atomic E-state index is -0.268. The van der Waals surface area contributed by atoms with Gasteiger partial charge < -0.3 is 5.32 Å². The Morgan fingerprint density at radius 3 is 2.64 bits per heavy atom. The maximum atomic E-state index is 11.7. The predicted molar refractivity (Wildman–Crippen MR) is 87.2 cm³/mol. The topological polar surface area (TPSA) is 70.2 Å². The summed E-state index contributed by atoms with van der Waals surface area (Å²) in [4.78, 5) is 23.4. The molecule has 0 unspecified atom stereocenters. The smallest absolute Gasteiger partial charge is 0.257 e. The van der Waals surface area contributed by atoms with Crippen LogP contribution in [0.4, 0.5) is 5.69 Å². The van der Waals surface area contributed by atoms with Crippen LogP contribution >= 0.6 is 0 Å².